The average molecular weight is 481 g/mol. The van der Waals surface area contributed by atoms with E-state index < -0.39 is 0 Å². The zero-order chi connectivity index (χ0) is 17.0. The number of hydrogen-bond acceptors (Lipinski definition) is 4. The van der Waals surface area contributed by atoms with Crippen molar-refractivity contribution in [3.05, 3.63) is 22.4 Å². The minimum absolute atomic E-state index is 0. The summed E-state index contributed by atoms with van der Waals surface area (Å²) in [5, 5.41) is 8.83. The summed E-state index contributed by atoms with van der Waals surface area (Å²) >= 11 is 1.80. The lowest BCUT2D eigenvalue weighted by atomic mass is 10.1. The number of nitrogens with zero attached hydrogens (tertiary/aromatic N) is 1. The molecule has 0 bridgehead atoms. The van der Waals surface area contributed by atoms with E-state index in [0.29, 0.717) is 12.0 Å². The summed E-state index contributed by atoms with van der Waals surface area (Å²) in [6, 6.07) is 4.28. The zero-order valence-electron chi connectivity index (χ0n) is 15.3. The molecular formula is C18H32IN3O2S. The summed E-state index contributed by atoms with van der Waals surface area (Å²) in [7, 11) is 0. The Morgan fingerprint density at radius 3 is 2.88 bits per heavy atom. The molecule has 25 heavy (non-hydrogen) atoms. The maximum absolute atomic E-state index is 5.89. The molecule has 2 N–H and O–H groups in total. The number of halogens is 1. The van der Waals surface area contributed by atoms with E-state index in [1.165, 1.54) is 4.88 Å². The van der Waals surface area contributed by atoms with Gasteiger partial charge in [-0.25, -0.2) is 0 Å². The lowest BCUT2D eigenvalue weighted by Crippen LogP contribution is -2.38. The lowest BCUT2D eigenvalue weighted by Gasteiger charge is -2.22. The molecule has 1 unspecified atom stereocenters. The Hall–Kier alpha value is -0.380. The average Bonchev–Trinajstić information content (AvgIpc) is 3.14. The smallest absolute Gasteiger partial charge is 0.191 e. The van der Waals surface area contributed by atoms with Crippen LogP contribution >= 0.6 is 35.3 Å². The van der Waals surface area contributed by atoms with Gasteiger partial charge in [0.2, 0.25) is 0 Å². The highest BCUT2D eigenvalue weighted by atomic mass is 127. The first-order valence-electron chi connectivity index (χ1n) is 9.04. The number of aliphatic imine (C=N–C) groups is 1. The molecule has 144 valence electrons. The lowest BCUT2D eigenvalue weighted by molar-refractivity contribution is -0.0320. The van der Waals surface area contributed by atoms with Gasteiger partial charge in [-0.2, -0.15) is 0 Å². The molecule has 1 fully saturated rings. The fourth-order valence-electron chi connectivity index (χ4n) is 2.60. The molecule has 7 heteroatoms. The van der Waals surface area contributed by atoms with Crippen molar-refractivity contribution in [2.24, 2.45) is 4.99 Å². The predicted octanol–water partition coefficient (Wildman–Crippen LogP) is 3.61. The predicted molar refractivity (Wildman–Crippen MR) is 117 cm³/mol. The maximum Gasteiger partial charge on any atom is 0.191 e. The van der Waals surface area contributed by atoms with Crippen molar-refractivity contribution in [1.29, 1.82) is 0 Å². The van der Waals surface area contributed by atoms with E-state index in [2.05, 4.69) is 42.0 Å². The van der Waals surface area contributed by atoms with Gasteiger partial charge in [-0.3, -0.25) is 4.99 Å². The van der Waals surface area contributed by atoms with Crippen molar-refractivity contribution >= 4 is 41.3 Å². The zero-order valence-corrected chi connectivity index (χ0v) is 18.5. The summed E-state index contributed by atoms with van der Waals surface area (Å²) < 4.78 is 11.2. The Morgan fingerprint density at radius 1 is 1.40 bits per heavy atom. The number of nitrogens with one attached hydrogen (secondary N) is 2. The normalized spacial score (nSPS) is 17.0. The Labute approximate surface area is 173 Å². The summed E-state index contributed by atoms with van der Waals surface area (Å²) in [4.78, 5) is 6.09. The first kappa shape index (κ1) is 22.7. The fraction of sp³-hybridized carbons (Fsp3) is 0.722. The molecule has 0 aliphatic carbocycles. The van der Waals surface area contributed by atoms with Gasteiger partial charge >= 0.3 is 0 Å². The Bertz CT molecular complexity index is 465. The molecule has 2 heterocycles. The van der Waals surface area contributed by atoms with Crippen LogP contribution in [-0.2, 0) is 9.47 Å². The van der Waals surface area contributed by atoms with Crippen molar-refractivity contribution in [3.63, 3.8) is 0 Å². The molecule has 1 aliphatic rings. The van der Waals surface area contributed by atoms with Gasteiger partial charge in [0.05, 0.1) is 12.6 Å². The molecule has 5 nitrogen and oxygen atoms in total. The molecule has 1 saturated heterocycles. The molecule has 1 atom stereocenters. The molecule has 0 saturated carbocycles. The summed E-state index contributed by atoms with van der Waals surface area (Å²) in [6.07, 6.45) is 3.42. The van der Waals surface area contributed by atoms with E-state index in [0.717, 1.165) is 64.7 Å². The molecule has 1 aromatic rings. The minimum Gasteiger partial charge on any atom is -0.381 e. The monoisotopic (exact) mass is 481 g/mol. The van der Waals surface area contributed by atoms with Crippen LogP contribution in [0.15, 0.2) is 22.5 Å². The summed E-state index contributed by atoms with van der Waals surface area (Å²) in [6.45, 7) is 9.33. The SMILES string of the molecule is CCNC(=NCC(C)c1cccs1)NCCCOC1CCOCC1.I. The second-order valence-corrected chi connectivity index (χ2v) is 7.08. The van der Waals surface area contributed by atoms with Crippen LogP contribution in [-0.4, -0.2) is 51.5 Å². The van der Waals surface area contributed by atoms with E-state index in [9.17, 15) is 0 Å². The Kier molecular flexibility index (Phi) is 12.5. The van der Waals surface area contributed by atoms with Crippen molar-refractivity contribution in [3.8, 4) is 0 Å². The van der Waals surface area contributed by atoms with Crippen LogP contribution in [0.25, 0.3) is 0 Å². The second-order valence-electron chi connectivity index (χ2n) is 6.10. The van der Waals surface area contributed by atoms with Crippen LogP contribution in [0.5, 0.6) is 0 Å². The first-order chi connectivity index (χ1) is 11.8. The van der Waals surface area contributed by atoms with Gasteiger partial charge in [0.1, 0.15) is 0 Å². The van der Waals surface area contributed by atoms with Crippen molar-refractivity contribution < 1.29 is 9.47 Å². The highest BCUT2D eigenvalue weighted by Crippen LogP contribution is 2.20. The van der Waals surface area contributed by atoms with Gasteiger partial charge in [0.15, 0.2) is 5.96 Å². The first-order valence-corrected chi connectivity index (χ1v) is 9.92. The van der Waals surface area contributed by atoms with Crippen LogP contribution in [0.2, 0.25) is 0 Å². The maximum atomic E-state index is 5.89. The van der Waals surface area contributed by atoms with E-state index >= 15 is 0 Å². The third-order valence-corrected chi connectivity index (χ3v) is 5.14. The number of guanidine groups is 1. The third kappa shape index (κ3) is 9.21. The van der Waals surface area contributed by atoms with Crippen molar-refractivity contribution in [2.75, 3.05) is 39.5 Å². The van der Waals surface area contributed by atoms with E-state index in [-0.39, 0.29) is 24.0 Å². The van der Waals surface area contributed by atoms with Crippen LogP contribution in [0.3, 0.4) is 0 Å². The number of thiophene rings is 1. The largest absolute Gasteiger partial charge is 0.381 e. The van der Waals surface area contributed by atoms with Crippen molar-refractivity contribution in [1.82, 2.24) is 10.6 Å². The molecule has 2 rings (SSSR count). The standard InChI is InChI=1S/C18H31N3O2S.HI/c1-3-19-18(21-14-15(2)17-6-4-13-24-17)20-9-5-10-23-16-7-11-22-12-8-16;/h4,6,13,15-16H,3,5,7-12,14H2,1-2H3,(H2,19,20,21);1H. The number of rotatable bonds is 9. The third-order valence-electron chi connectivity index (χ3n) is 4.03. The van der Waals surface area contributed by atoms with E-state index in [4.69, 9.17) is 14.5 Å². The van der Waals surface area contributed by atoms with Crippen LogP contribution < -0.4 is 10.6 Å². The van der Waals surface area contributed by atoms with Gasteiger partial charge < -0.3 is 20.1 Å². The van der Waals surface area contributed by atoms with Gasteiger partial charge in [-0.1, -0.05) is 13.0 Å². The molecule has 0 aromatic carbocycles. The molecule has 0 spiro atoms. The Morgan fingerprint density at radius 2 is 2.20 bits per heavy atom. The van der Waals surface area contributed by atoms with Crippen LogP contribution in [0.1, 0.15) is 43.9 Å². The molecule has 0 amide bonds. The fourth-order valence-corrected chi connectivity index (χ4v) is 3.38. The minimum atomic E-state index is 0. The number of hydrogen-bond donors (Lipinski definition) is 2. The van der Waals surface area contributed by atoms with Crippen LogP contribution in [0.4, 0.5) is 0 Å². The van der Waals surface area contributed by atoms with E-state index in [1.807, 2.05) is 0 Å². The quantitative estimate of drug-likeness (QED) is 0.245. The van der Waals surface area contributed by atoms with Crippen molar-refractivity contribution in [2.45, 2.75) is 45.1 Å². The highest BCUT2D eigenvalue weighted by molar-refractivity contribution is 14.0. The molecule has 1 aromatic heterocycles. The highest BCUT2D eigenvalue weighted by Gasteiger charge is 2.13. The molecular weight excluding hydrogens is 449 g/mol. The topological polar surface area (TPSA) is 54.9 Å². The van der Waals surface area contributed by atoms with Gasteiger partial charge in [-0.15, -0.1) is 35.3 Å². The van der Waals surface area contributed by atoms with Crippen LogP contribution in [0, 0.1) is 0 Å². The van der Waals surface area contributed by atoms with E-state index in [1.54, 1.807) is 11.3 Å². The van der Waals surface area contributed by atoms with Gasteiger partial charge in [0, 0.05) is 43.7 Å². The molecule has 1 aliphatic heterocycles. The summed E-state index contributed by atoms with van der Waals surface area (Å²) in [5.41, 5.74) is 0. The van der Waals surface area contributed by atoms with Gasteiger partial charge in [0.25, 0.3) is 0 Å². The second kappa shape index (κ2) is 13.8. The Balaban J connectivity index is 0.00000312. The molecule has 0 radical (unpaired) electrons. The van der Waals surface area contributed by atoms with Gasteiger partial charge in [-0.05, 0) is 37.6 Å². The summed E-state index contributed by atoms with van der Waals surface area (Å²) in [5.74, 6) is 1.35. The number of ether oxygens (including phenoxy) is 2.